The molecule has 6 rings (SSSR count). The van der Waals surface area contributed by atoms with E-state index in [9.17, 15) is 9.59 Å². The van der Waals surface area contributed by atoms with Crippen LogP contribution in [0.15, 0.2) is 60.7 Å². The van der Waals surface area contributed by atoms with Gasteiger partial charge in [0.25, 0.3) is 0 Å². The summed E-state index contributed by atoms with van der Waals surface area (Å²) in [5.74, 6) is 0.817. The summed E-state index contributed by atoms with van der Waals surface area (Å²) in [7, 11) is 1.61. The fourth-order valence-electron chi connectivity index (χ4n) is 5.96. The molecule has 4 aromatic rings. The van der Waals surface area contributed by atoms with Gasteiger partial charge < -0.3 is 24.1 Å². The van der Waals surface area contributed by atoms with Crippen molar-refractivity contribution >= 4 is 22.7 Å². The smallest absolute Gasteiger partial charge is 0.340 e. The predicted octanol–water partition coefficient (Wildman–Crippen LogP) is 5.33. The molecule has 1 aromatic heterocycles. The number of benzene rings is 3. The van der Waals surface area contributed by atoms with Gasteiger partial charge in [0.15, 0.2) is 5.78 Å². The molecule has 0 bridgehead atoms. The minimum atomic E-state index is -0.664. The molecule has 1 spiro atoms. The Kier molecular flexibility index (Phi) is 5.95. The van der Waals surface area contributed by atoms with E-state index in [2.05, 4.69) is 9.88 Å². The lowest BCUT2D eigenvalue weighted by atomic mass is 9.82. The van der Waals surface area contributed by atoms with E-state index >= 15 is 0 Å². The number of ketones is 1. The van der Waals surface area contributed by atoms with Gasteiger partial charge in [0, 0.05) is 40.7 Å². The second-order valence-electron chi connectivity index (χ2n) is 9.80. The first-order chi connectivity index (χ1) is 18.5. The standard InChI is InChI=1S/C31H30N2O5/c1-4-37-21-10-8-20(9-11-21)33-19(2)27(24-18-22(36-3)12-13-26(24)33)29(34)23-6-5-7-25-28(23)30(35)38-31(25)14-16-32-17-15-31/h5-13,18,32H,4,14-17H2,1-3H3. The van der Waals surface area contributed by atoms with Crippen LogP contribution in [0.4, 0.5) is 0 Å². The summed E-state index contributed by atoms with van der Waals surface area (Å²) in [6.45, 7) is 6.00. The zero-order chi connectivity index (χ0) is 26.4. The Morgan fingerprint density at radius 3 is 2.50 bits per heavy atom. The van der Waals surface area contributed by atoms with E-state index in [-0.39, 0.29) is 5.78 Å². The highest BCUT2D eigenvalue weighted by Gasteiger charge is 2.47. The summed E-state index contributed by atoms with van der Waals surface area (Å²) in [4.78, 5) is 27.6. The topological polar surface area (TPSA) is 78.8 Å². The molecule has 1 saturated heterocycles. The summed E-state index contributed by atoms with van der Waals surface area (Å²) < 4.78 is 19.2. The number of ether oxygens (including phenoxy) is 3. The molecule has 2 aliphatic rings. The Hall–Kier alpha value is -4.10. The normalized spacial score (nSPS) is 15.9. The van der Waals surface area contributed by atoms with Crippen molar-refractivity contribution in [1.29, 1.82) is 0 Å². The molecule has 3 aromatic carbocycles. The van der Waals surface area contributed by atoms with Crippen molar-refractivity contribution in [2.45, 2.75) is 32.3 Å². The average molecular weight is 511 g/mol. The number of piperidine rings is 1. The van der Waals surface area contributed by atoms with Crippen LogP contribution in [-0.4, -0.2) is 43.1 Å². The number of fused-ring (bicyclic) bond motifs is 3. The van der Waals surface area contributed by atoms with Crippen LogP contribution >= 0.6 is 0 Å². The maximum Gasteiger partial charge on any atom is 0.340 e. The highest BCUT2D eigenvalue weighted by Crippen LogP contribution is 2.45. The number of nitrogens with zero attached hydrogens (tertiary/aromatic N) is 1. The second kappa shape index (κ2) is 9.33. The Labute approximate surface area is 221 Å². The molecule has 3 heterocycles. The monoisotopic (exact) mass is 510 g/mol. The number of rotatable bonds is 6. The molecule has 0 unspecified atom stereocenters. The van der Waals surface area contributed by atoms with E-state index in [1.165, 1.54) is 0 Å². The maximum atomic E-state index is 14.3. The van der Waals surface area contributed by atoms with Crippen molar-refractivity contribution < 1.29 is 23.8 Å². The van der Waals surface area contributed by atoms with E-state index in [4.69, 9.17) is 14.2 Å². The summed E-state index contributed by atoms with van der Waals surface area (Å²) in [6, 6.07) is 19.1. The third-order valence-electron chi connectivity index (χ3n) is 7.75. The summed E-state index contributed by atoms with van der Waals surface area (Å²) in [6.07, 6.45) is 1.38. The molecular weight excluding hydrogens is 480 g/mol. The molecule has 194 valence electrons. The van der Waals surface area contributed by atoms with Crippen LogP contribution in [0, 0.1) is 6.92 Å². The van der Waals surface area contributed by atoms with Crippen molar-refractivity contribution in [1.82, 2.24) is 9.88 Å². The van der Waals surface area contributed by atoms with Crippen molar-refractivity contribution in [2.75, 3.05) is 26.8 Å². The fourth-order valence-corrected chi connectivity index (χ4v) is 5.96. The van der Waals surface area contributed by atoms with Gasteiger partial charge >= 0.3 is 5.97 Å². The van der Waals surface area contributed by atoms with Crippen LogP contribution in [0.5, 0.6) is 11.5 Å². The highest BCUT2D eigenvalue weighted by molar-refractivity contribution is 6.21. The molecule has 7 heteroatoms. The number of hydrogen-bond donors (Lipinski definition) is 1. The number of nitrogens with one attached hydrogen (secondary N) is 1. The van der Waals surface area contributed by atoms with Crippen LogP contribution in [0.1, 0.15) is 57.3 Å². The Balaban J connectivity index is 1.53. The highest BCUT2D eigenvalue weighted by atomic mass is 16.6. The molecule has 1 fully saturated rings. The lowest BCUT2D eigenvalue weighted by Gasteiger charge is -2.33. The molecule has 1 N–H and O–H groups in total. The van der Waals surface area contributed by atoms with Gasteiger partial charge in [-0.1, -0.05) is 18.2 Å². The molecule has 0 saturated carbocycles. The third kappa shape index (κ3) is 3.69. The second-order valence-corrected chi connectivity index (χ2v) is 9.80. The molecule has 2 aliphatic heterocycles. The van der Waals surface area contributed by atoms with Crippen molar-refractivity contribution in [2.24, 2.45) is 0 Å². The summed E-state index contributed by atoms with van der Waals surface area (Å²) in [5, 5.41) is 4.10. The van der Waals surface area contributed by atoms with Crippen LogP contribution in [-0.2, 0) is 10.3 Å². The third-order valence-corrected chi connectivity index (χ3v) is 7.75. The van der Waals surface area contributed by atoms with Gasteiger partial charge in [0.1, 0.15) is 17.1 Å². The number of esters is 1. The average Bonchev–Trinajstić information content (AvgIpc) is 3.38. The quantitative estimate of drug-likeness (QED) is 0.279. The van der Waals surface area contributed by atoms with Crippen molar-refractivity contribution in [3.8, 4) is 17.2 Å². The van der Waals surface area contributed by atoms with Crippen LogP contribution < -0.4 is 14.8 Å². The Bertz CT molecular complexity index is 1560. The van der Waals surface area contributed by atoms with Gasteiger partial charge in [-0.05, 0) is 69.4 Å². The van der Waals surface area contributed by atoms with E-state index in [0.29, 0.717) is 41.9 Å². The van der Waals surface area contributed by atoms with Crippen LogP contribution in [0.3, 0.4) is 0 Å². The van der Waals surface area contributed by atoms with Gasteiger partial charge in [-0.2, -0.15) is 0 Å². The Morgan fingerprint density at radius 2 is 1.79 bits per heavy atom. The number of methoxy groups -OCH3 is 1. The number of carbonyl (C=O) groups is 2. The molecular formula is C31H30N2O5. The zero-order valence-corrected chi connectivity index (χ0v) is 21.8. The molecule has 0 aliphatic carbocycles. The van der Waals surface area contributed by atoms with E-state index in [1.807, 2.05) is 68.4 Å². The first-order valence-electron chi connectivity index (χ1n) is 13.0. The van der Waals surface area contributed by atoms with Gasteiger partial charge in [-0.3, -0.25) is 4.79 Å². The van der Waals surface area contributed by atoms with Crippen LogP contribution in [0.2, 0.25) is 0 Å². The molecule has 0 amide bonds. The lowest BCUT2D eigenvalue weighted by Crippen LogP contribution is -2.39. The number of carbonyl (C=O) groups excluding carboxylic acids is 2. The zero-order valence-electron chi connectivity index (χ0n) is 21.8. The van der Waals surface area contributed by atoms with Crippen molar-refractivity contribution in [3.63, 3.8) is 0 Å². The van der Waals surface area contributed by atoms with Crippen molar-refractivity contribution in [3.05, 3.63) is 88.6 Å². The van der Waals surface area contributed by atoms with Gasteiger partial charge in [0.2, 0.25) is 0 Å². The van der Waals surface area contributed by atoms with E-state index < -0.39 is 11.6 Å². The predicted molar refractivity (Wildman–Crippen MR) is 145 cm³/mol. The maximum absolute atomic E-state index is 14.3. The van der Waals surface area contributed by atoms with Gasteiger partial charge in [-0.25, -0.2) is 4.79 Å². The number of hydrogen-bond acceptors (Lipinski definition) is 6. The SMILES string of the molecule is CCOc1ccc(-n2c(C)c(C(=O)c3cccc4c3C(=O)OC43CCNCC3)c3cc(OC)ccc32)cc1. The van der Waals surface area contributed by atoms with Gasteiger partial charge in [0.05, 0.1) is 30.4 Å². The van der Waals surface area contributed by atoms with E-state index in [0.717, 1.165) is 46.7 Å². The first kappa shape index (κ1) is 24.2. The molecule has 0 radical (unpaired) electrons. The van der Waals surface area contributed by atoms with E-state index in [1.54, 1.807) is 13.2 Å². The lowest BCUT2D eigenvalue weighted by molar-refractivity contribution is -0.0242. The first-order valence-corrected chi connectivity index (χ1v) is 13.0. The molecule has 38 heavy (non-hydrogen) atoms. The number of aromatic nitrogens is 1. The Morgan fingerprint density at radius 1 is 1.05 bits per heavy atom. The summed E-state index contributed by atoms with van der Waals surface area (Å²) >= 11 is 0. The van der Waals surface area contributed by atoms with Crippen LogP contribution in [0.25, 0.3) is 16.6 Å². The molecule has 7 nitrogen and oxygen atoms in total. The molecule has 0 atom stereocenters. The fraction of sp³-hybridized carbons (Fsp3) is 0.290. The minimum absolute atomic E-state index is 0.203. The minimum Gasteiger partial charge on any atom is -0.497 e. The largest absolute Gasteiger partial charge is 0.497 e. The van der Waals surface area contributed by atoms with Gasteiger partial charge in [-0.15, -0.1) is 0 Å². The summed E-state index contributed by atoms with van der Waals surface area (Å²) in [5.41, 5.74) is 4.03.